The maximum atomic E-state index is 6.20. The maximum Gasteiger partial charge on any atom is 0.0252 e. The first kappa shape index (κ1) is 11.2. The fourth-order valence-electron chi connectivity index (χ4n) is 3.18. The highest BCUT2D eigenvalue weighted by molar-refractivity contribution is 5.01. The van der Waals surface area contributed by atoms with Gasteiger partial charge in [0.05, 0.1) is 0 Å². The van der Waals surface area contributed by atoms with Crippen molar-refractivity contribution >= 4 is 0 Å². The molecule has 0 aliphatic heterocycles. The Hall–Kier alpha value is -0.300. The molecule has 0 amide bonds. The van der Waals surface area contributed by atoms with Gasteiger partial charge in [-0.2, -0.15) is 0 Å². The van der Waals surface area contributed by atoms with Crippen LogP contribution >= 0.6 is 0 Å². The molecule has 15 heavy (non-hydrogen) atoms. The van der Waals surface area contributed by atoms with E-state index in [1.165, 1.54) is 19.3 Å². The smallest absolute Gasteiger partial charge is 0.0252 e. The minimum Gasteiger partial charge on any atom is -0.324 e. The van der Waals surface area contributed by atoms with Crippen LogP contribution in [0.4, 0.5) is 0 Å². The first-order chi connectivity index (χ1) is 7.09. The molecule has 0 bridgehead atoms. The molecule has 0 aromatic rings. The number of rotatable bonds is 0. The van der Waals surface area contributed by atoms with Gasteiger partial charge in [-0.15, -0.1) is 0 Å². The van der Waals surface area contributed by atoms with E-state index in [1.807, 2.05) is 0 Å². The van der Waals surface area contributed by atoms with Crippen LogP contribution in [-0.4, -0.2) is 6.04 Å². The van der Waals surface area contributed by atoms with Gasteiger partial charge in [-0.05, 0) is 48.9 Å². The van der Waals surface area contributed by atoms with E-state index in [-0.39, 0.29) is 6.04 Å². The summed E-state index contributed by atoms with van der Waals surface area (Å²) in [4.78, 5) is 0. The van der Waals surface area contributed by atoms with Crippen molar-refractivity contribution in [3.05, 3.63) is 12.2 Å². The summed E-state index contributed by atoms with van der Waals surface area (Å²) in [6.45, 7) is 7.09. The molecule has 2 N–H and O–H groups in total. The molecule has 0 radical (unpaired) electrons. The van der Waals surface area contributed by atoms with Gasteiger partial charge in [0.2, 0.25) is 0 Å². The highest BCUT2D eigenvalue weighted by Gasteiger charge is 2.43. The second-order valence-electron chi connectivity index (χ2n) is 5.96. The third-order valence-corrected chi connectivity index (χ3v) is 4.69. The quantitative estimate of drug-likeness (QED) is 0.606. The molecule has 2 rings (SSSR count). The average molecular weight is 207 g/mol. The van der Waals surface area contributed by atoms with Crippen LogP contribution in [0.5, 0.6) is 0 Å². The molecule has 1 fully saturated rings. The Bertz CT molecular complexity index is 246. The summed E-state index contributed by atoms with van der Waals surface area (Å²) in [7, 11) is 0. The van der Waals surface area contributed by atoms with Gasteiger partial charge in [-0.1, -0.05) is 32.9 Å². The first-order valence-electron chi connectivity index (χ1n) is 6.51. The lowest BCUT2D eigenvalue weighted by atomic mass is 9.83. The average Bonchev–Trinajstić information content (AvgIpc) is 2.93. The normalized spacial score (nSPS) is 53.1. The van der Waals surface area contributed by atoms with Gasteiger partial charge in [0, 0.05) is 6.04 Å². The summed E-state index contributed by atoms with van der Waals surface area (Å²) in [6, 6.07) is 0.270. The molecule has 1 heteroatoms. The molecule has 6 atom stereocenters. The fraction of sp³-hybridized carbons (Fsp3) is 0.857. The Balaban J connectivity index is 2.07. The molecular weight excluding hydrogens is 182 g/mol. The van der Waals surface area contributed by atoms with Crippen LogP contribution in [0.15, 0.2) is 12.2 Å². The van der Waals surface area contributed by atoms with E-state index in [0.29, 0.717) is 5.92 Å². The van der Waals surface area contributed by atoms with Crippen LogP contribution in [-0.2, 0) is 0 Å². The maximum absolute atomic E-state index is 6.20. The number of hydrogen-bond donors (Lipinski definition) is 1. The molecule has 1 saturated carbocycles. The van der Waals surface area contributed by atoms with Gasteiger partial charge < -0.3 is 5.73 Å². The molecule has 0 aromatic carbocycles. The van der Waals surface area contributed by atoms with Crippen molar-refractivity contribution in [2.45, 2.75) is 46.1 Å². The minimum absolute atomic E-state index is 0.270. The molecular formula is C14H25N. The minimum atomic E-state index is 0.270. The van der Waals surface area contributed by atoms with Crippen LogP contribution in [0.3, 0.4) is 0 Å². The van der Waals surface area contributed by atoms with E-state index in [2.05, 4.69) is 32.9 Å². The zero-order chi connectivity index (χ0) is 11.0. The Labute approximate surface area is 94.1 Å². The number of hydrogen-bond acceptors (Lipinski definition) is 1. The summed E-state index contributed by atoms with van der Waals surface area (Å²) in [5.41, 5.74) is 6.20. The molecule has 1 nitrogen and oxygen atoms in total. The summed E-state index contributed by atoms with van der Waals surface area (Å²) in [5.74, 6) is 4.28. The third-order valence-electron chi connectivity index (χ3n) is 4.69. The molecule has 2 aliphatic rings. The zero-order valence-electron chi connectivity index (χ0n) is 10.3. The lowest BCUT2D eigenvalue weighted by Crippen LogP contribution is -2.31. The topological polar surface area (TPSA) is 26.0 Å². The highest BCUT2D eigenvalue weighted by Crippen LogP contribution is 2.51. The van der Waals surface area contributed by atoms with Crippen molar-refractivity contribution in [2.75, 3.05) is 0 Å². The first-order valence-corrected chi connectivity index (χ1v) is 6.51. The Morgan fingerprint density at radius 3 is 2.53 bits per heavy atom. The van der Waals surface area contributed by atoms with Crippen LogP contribution in [0.25, 0.3) is 0 Å². The molecule has 2 aliphatic carbocycles. The van der Waals surface area contributed by atoms with E-state index in [9.17, 15) is 0 Å². The van der Waals surface area contributed by atoms with Gasteiger partial charge in [0.15, 0.2) is 0 Å². The summed E-state index contributed by atoms with van der Waals surface area (Å²) < 4.78 is 0. The summed E-state index contributed by atoms with van der Waals surface area (Å²) in [6.07, 6.45) is 8.66. The van der Waals surface area contributed by atoms with E-state index in [1.54, 1.807) is 0 Å². The molecule has 0 saturated heterocycles. The number of fused-ring (bicyclic) bond motifs is 1. The van der Waals surface area contributed by atoms with Gasteiger partial charge in [0.1, 0.15) is 0 Å². The second-order valence-corrected chi connectivity index (χ2v) is 5.96. The van der Waals surface area contributed by atoms with Crippen molar-refractivity contribution in [3.8, 4) is 0 Å². The van der Waals surface area contributed by atoms with Crippen LogP contribution < -0.4 is 5.73 Å². The zero-order valence-corrected chi connectivity index (χ0v) is 10.3. The van der Waals surface area contributed by atoms with Crippen molar-refractivity contribution in [1.29, 1.82) is 0 Å². The Morgan fingerprint density at radius 1 is 1.07 bits per heavy atom. The van der Waals surface area contributed by atoms with Crippen molar-refractivity contribution in [1.82, 2.24) is 0 Å². The molecule has 0 aromatic heterocycles. The Morgan fingerprint density at radius 2 is 1.80 bits per heavy atom. The van der Waals surface area contributed by atoms with Crippen molar-refractivity contribution in [3.63, 3.8) is 0 Å². The van der Waals surface area contributed by atoms with E-state index in [0.717, 1.165) is 23.7 Å². The number of nitrogens with two attached hydrogens (primary N) is 1. The number of allylic oxidation sites excluding steroid dienone is 1. The highest BCUT2D eigenvalue weighted by atomic mass is 14.7. The predicted molar refractivity (Wildman–Crippen MR) is 65.4 cm³/mol. The predicted octanol–water partition coefficient (Wildman–Crippen LogP) is 3.21. The SMILES string of the molecule is C[C@H]1C/C=C\[C@@H](N)[C@@H](C)[C@H](C)[C@@H]2C[C@@H]2C1. The fourth-order valence-corrected chi connectivity index (χ4v) is 3.18. The van der Waals surface area contributed by atoms with Crippen molar-refractivity contribution < 1.29 is 0 Å². The third kappa shape index (κ3) is 2.44. The van der Waals surface area contributed by atoms with E-state index < -0.39 is 0 Å². The molecule has 86 valence electrons. The van der Waals surface area contributed by atoms with E-state index in [4.69, 9.17) is 5.73 Å². The monoisotopic (exact) mass is 207 g/mol. The lowest BCUT2D eigenvalue weighted by molar-refractivity contribution is 0.295. The molecule has 0 spiro atoms. The van der Waals surface area contributed by atoms with Gasteiger partial charge in [-0.25, -0.2) is 0 Å². The second kappa shape index (κ2) is 4.29. The summed E-state index contributed by atoms with van der Waals surface area (Å²) in [5, 5.41) is 0. The lowest BCUT2D eigenvalue weighted by Gasteiger charge is -2.25. The summed E-state index contributed by atoms with van der Waals surface area (Å²) >= 11 is 0. The largest absolute Gasteiger partial charge is 0.324 e. The van der Waals surface area contributed by atoms with Crippen LogP contribution in [0, 0.1) is 29.6 Å². The van der Waals surface area contributed by atoms with E-state index >= 15 is 0 Å². The van der Waals surface area contributed by atoms with Crippen LogP contribution in [0.1, 0.15) is 40.0 Å². The van der Waals surface area contributed by atoms with Gasteiger partial charge >= 0.3 is 0 Å². The Kier molecular flexibility index (Phi) is 3.20. The van der Waals surface area contributed by atoms with Gasteiger partial charge in [-0.3, -0.25) is 0 Å². The molecule has 0 heterocycles. The standard InChI is InChI=1S/C14H25N/c1-9-5-4-6-14(15)11(3)10(2)13-8-12(13)7-9/h4,6,9-14H,5,7-8,15H2,1-3H3/b6-4-/t9-,10-,11-,12-,13-,14+/m0/s1. The molecule has 0 unspecified atom stereocenters. The van der Waals surface area contributed by atoms with Gasteiger partial charge in [0.25, 0.3) is 0 Å². The van der Waals surface area contributed by atoms with Crippen LogP contribution in [0.2, 0.25) is 0 Å². The van der Waals surface area contributed by atoms with Crippen molar-refractivity contribution in [2.24, 2.45) is 35.3 Å².